The molecule has 0 spiro atoms. The number of carbonyl (C=O) groups is 1. The van der Waals surface area contributed by atoms with E-state index in [1.165, 1.54) is 0 Å². The highest BCUT2D eigenvalue weighted by atomic mass is 35.5. The van der Waals surface area contributed by atoms with Crippen molar-refractivity contribution >= 4 is 75.3 Å². The van der Waals surface area contributed by atoms with E-state index in [0.717, 1.165) is 37.1 Å². The standard InChI is InChI=1S/C21H21Cl5N2O/c1-2-3-4-7-27-17-11-15(5-6-16(17)24)28-20(29)19-18(21(19,25)26)12-8-13(22)10-14(23)9-12/h5-6,8-11,18-19,27H,2-4,7H2,1H3,(H,28,29)/t18-,19+/m0/s1. The van der Waals surface area contributed by atoms with Crippen LogP contribution >= 0.6 is 58.0 Å². The van der Waals surface area contributed by atoms with Crippen LogP contribution in [0.1, 0.15) is 37.7 Å². The Balaban J connectivity index is 1.70. The molecule has 3 rings (SSSR count). The van der Waals surface area contributed by atoms with E-state index in [4.69, 9.17) is 58.0 Å². The maximum atomic E-state index is 12.8. The van der Waals surface area contributed by atoms with E-state index in [9.17, 15) is 4.79 Å². The molecule has 0 aliphatic heterocycles. The van der Waals surface area contributed by atoms with Crippen molar-refractivity contribution in [3.63, 3.8) is 0 Å². The SMILES string of the molecule is CCCCCNc1cc(NC(=O)[C@H]2[C@H](c3cc(Cl)cc(Cl)c3)C2(Cl)Cl)ccc1Cl. The summed E-state index contributed by atoms with van der Waals surface area (Å²) in [6.45, 7) is 2.97. The fraction of sp³-hybridized carbons (Fsp3) is 0.381. The normalized spacial score (nSPS) is 19.7. The van der Waals surface area contributed by atoms with Gasteiger partial charge in [-0.2, -0.15) is 0 Å². The highest BCUT2D eigenvalue weighted by Crippen LogP contribution is 2.65. The van der Waals surface area contributed by atoms with Gasteiger partial charge in [0, 0.05) is 28.2 Å². The number of halogens is 5. The van der Waals surface area contributed by atoms with Gasteiger partial charge in [-0.05, 0) is 48.4 Å². The first-order valence-electron chi connectivity index (χ1n) is 9.42. The van der Waals surface area contributed by atoms with Crippen molar-refractivity contribution in [2.24, 2.45) is 5.92 Å². The van der Waals surface area contributed by atoms with E-state index in [1.807, 2.05) is 6.07 Å². The molecule has 2 aromatic carbocycles. The second-order valence-electron chi connectivity index (χ2n) is 7.15. The Morgan fingerprint density at radius 1 is 1.03 bits per heavy atom. The number of rotatable bonds is 8. The van der Waals surface area contributed by atoms with E-state index in [1.54, 1.807) is 30.3 Å². The molecule has 8 heteroatoms. The van der Waals surface area contributed by atoms with Gasteiger partial charge in [-0.15, -0.1) is 23.2 Å². The van der Waals surface area contributed by atoms with Crippen LogP contribution in [0.5, 0.6) is 0 Å². The minimum absolute atomic E-state index is 0.268. The topological polar surface area (TPSA) is 41.1 Å². The number of benzene rings is 2. The number of alkyl halides is 2. The van der Waals surface area contributed by atoms with Crippen LogP contribution in [0.15, 0.2) is 36.4 Å². The number of hydrogen-bond acceptors (Lipinski definition) is 2. The summed E-state index contributed by atoms with van der Waals surface area (Å²) in [4.78, 5) is 12.8. The van der Waals surface area contributed by atoms with E-state index in [2.05, 4.69) is 17.6 Å². The number of hydrogen-bond donors (Lipinski definition) is 2. The van der Waals surface area contributed by atoms with Crippen molar-refractivity contribution in [1.29, 1.82) is 0 Å². The van der Waals surface area contributed by atoms with Crippen LogP contribution in [0.4, 0.5) is 11.4 Å². The lowest BCUT2D eigenvalue weighted by Crippen LogP contribution is -2.17. The van der Waals surface area contributed by atoms with E-state index >= 15 is 0 Å². The van der Waals surface area contributed by atoms with Gasteiger partial charge in [-0.3, -0.25) is 4.79 Å². The van der Waals surface area contributed by atoms with Crippen molar-refractivity contribution in [2.75, 3.05) is 17.2 Å². The minimum atomic E-state index is -1.22. The van der Waals surface area contributed by atoms with Crippen molar-refractivity contribution in [3.05, 3.63) is 57.0 Å². The van der Waals surface area contributed by atoms with Crippen LogP contribution < -0.4 is 10.6 Å². The molecule has 1 aliphatic rings. The van der Waals surface area contributed by atoms with Crippen LogP contribution in [0.25, 0.3) is 0 Å². The van der Waals surface area contributed by atoms with Gasteiger partial charge < -0.3 is 10.6 Å². The number of anilines is 2. The molecule has 29 heavy (non-hydrogen) atoms. The maximum Gasteiger partial charge on any atom is 0.231 e. The summed E-state index contributed by atoms with van der Waals surface area (Å²) in [6.07, 6.45) is 3.34. The van der Waals surface area contributed by atoms with Crippen LogP contribution in [0, 0.1) is 5.92 Å². The molecule has 0 heterocycles. The Kier molecular flexibility index (Phi) is 7.51. The van der Waals surface area contributed by atoms with Gasteiger partial charge in [0.15, 0.2) is 0 Å². The molecule has 0 unspecified atom stereocenters. The third-order valence-corrected chi connectivity index (χ3v) is 6.62. The molecular weight excluding hydrogens is 474 g/mol. The predicted octanol–water partition coefficient (Wildman–Crippen LogP) is 7.77. The first-order valence-corrected chi connectivity index (χ1v) is 11.3. The summed E-state index contributed by atoms with van der Waals surface area (Å²) < 4.78 is -1.22. The van der Waals surface area contributed by atoms with Crippen molar-refractivity contribution < 1.29 is 4.79 Å². The molecule has 1 aliphatic carbocycles. The summed E-state index contributed by atoms with van der Waals surface area (Å²) in [5.41, 5.74) is 2.14. The quantitative estimate of drug-likeness (QED) is 0.291. The van der Waals surface area contributed by atoms with Crippen LogP contribution in [-0.4, -0.2) is 16.8 Å². The Morgan fingerprint density at radius 2 is 1.72 bits per heavy atom. The molecule has 1 fully saturated rings. The molecule has 0 aromatic heterocycles. The highest BCUT2D eigenvalue weighted by Gasteiger charge is 2.67. The molecule has 0 bridgehead atoms. The van der Waals surface area contributed by atoms with Gasteiger partial charge in [0.25, 0.3) is 0 Å². The molecule has 0 radical (unpaired) electrons. The Hall–Kier alpha value is -0.840. The van der Waals surface area contributed by atoms with Gasteiger partial charge in [0.2, 0.25) is 5.91 Å². The second kappa shape index (κ2) is 9.53. The summed E-state index contributed by atoms with van der Waals surface area (Å²) in [5, 5.41) is 7.73. The summed E-state index contributed by atoms with van der Waals surface area (Å²) in [6, 6.07) is 10.4. The Bertz CT molecular complexity index is 882. The highest BCUT2D eigenvalue weighted by molar-refractivity contribution is 6.53. The summed E-state index contributed by atoms with van der Waals surface area (Å²) in [7, 11) is 0. The first kappa shape index (κ1) is 22.8. The zero-order valence-electron chi connectivity index (χ0n) is 15.7. The van der Waals surface area contributed by atoms with Crippen molar-refractivity contribution in [3.8, 4) is 0 Å². The summed E-state index contributed by atoms with van der Waals surface area (Å²) >= 11 is 31.2. The second-order valence-corrected chi connectivity index (χ2v) is 9.87. The van der Waals surface area contributed by atoms with Gasteiger partial charge in [0.1, 0.15) is 4.33 Å². The predicted molar refractivity (Wildman–Crippen MR) is 125 cm³/mol. The van der Waals surface area contributed by atoms with Crippen molar-refractivity contribution in [2.45, 2.75) is 36.4 Å². The largest absolute Gasteiger partial charge is 0.384 e. The average molecular weight is 495 g/mol. The fourth-order valence-electron chi connectivity index (χ4n) is 3.38. The monoisotopic (exact) mass is 492 g/mol. The van der Waals surface area contributed by atoms with E-state index in [0.29, 0.717) is 20.8 Å². The Labute approximate surface area is 196 Å². The molecule has 3 nitrogen and oxygen atoms in total. The minimum Gasteiger partial charge on any atom is -0.384 e. The molecule has 156 valence electrons. The van der Waals surface area contributed by atoms with Crippen molar-refractivity contribution in [1.82, 2.24) is 0 Å². The molecule has 2 N–H and O–H groups in total. The summed E-state index contributed by atoms with van der Waals surface area (Å²) in [5.74, 6) is -1.27. The smallest absolute Gasteiger partial charge is 0.231 e. The number of unbranched alkanes of at least 4 members (excludes halogenated alkanes) is 2. The first-order chi connectivity index (χ1) is 13.7. The molecule has 2 atom stereocenters. The average Bonchev–Trinajstić information content (AvgIpc) is 3.23. The number of amides is 1. The number of carbonyl (C=O) groups excluding carboxylic acids is 1. The van der Waals surface area contributed by atoms with Gasteiger partial charge in [-0.25, -0.2) is 0 Å². The molecule has 0 saturated heterocycles. The maximum absolute atomic E-state index is 12.8. The molecule has 1 saturated carbocycles. The molecule has 1 amide bonds. The lowest BCUT2D eigenvalue weighted by molar-refractivity contribution is -0.117. The van der Waals surface area contributed by atoms with E-state index < -0.39 is 10.3 Å². The third kappa shape index (κ3) is 5.45. The van der Waals surface area contributed by atoms with Crippen LogP contribution in [-0.2, 0) is 4.79 Å². The van der Waals surface area contributed by atoms with Gasteiger partial charge >= 0.3 is 0 Å². The lowest BCUT2D eigenvalue weighted by Gasteiger charge is -2.11. The molecule has 2 aromatic rings. The number of nitrogens with one attached hydrogen (secondary N) is 2. The van der Waals surface area contributed by atoms with Crippen LogP contribution in [0.3, 0.4) is 0 Å². The van der Waals surface area contributed by atoms with E-state index in [-0.39, 0.29) is 11.8 Å². The van der Waals surface area contributed by atoms with Crippen LogP contribution in [0.2, 0.25) is 15.1 Å². The molecular formula is C21H21Cl5N2O. The third-order valence-electron chi connectivity index (χ3n) is 4.91. The Morgan fingerprint density at radius 3 is 2.38 bits per heavy atom. The zero-order chi connectivity index (χ0) is 21.2. The van der Waals surface area contributed by atoms with Gasteiger partial charge in [-0.1, -0.05) is 54.6 Å². The van der Waals surface area contributed by atoms with Gasteiger partial charge in [0.05, 0.1) is 16.6 Å². The lowest BCUT2D eigenvalue weighted by atomic mass is 10.1. The zero-order valence-corrected chi connectivity index (χ0v) is 19.5. The fourth-order valence-corrected chi connectivity index (χ4v) is 4.93.